The van der Waals surface area contributed by atoms with Crippen molar-refractivity contribution in [1.29, 1.82) is 0 Å². The van der Waals surface area contributed by atoms with Gasteiger partial charge < -0.3 is 19.7 Å². The molecule has 0 aromatic heterocycles. The van der Waals surface area contributed by atoms with E-state index in [0.29, 0.717) is 23.7 Å². The number of ether oxygens (including phenoxy) is 2. The molecule has 1 amide bonds. The number of nitrogens with one attached hydrogen (secondary N) is 1. The highest BCUT2D eigenvalue weighted by Gasteiger charge is 2.11. The first-order chi connectivity index (χ1) is 12.9. The molecule has 0 aliphatic rings. The fourth-order valence-electron chi connectivity index (χ4n) is 2.54. The molecule has 6 nitrogen and oxygen atoms in total. The van der Waals surface area contributed by atoms with E-state index in [2.05, 4.69) is 5.32 Å². The third kappa shape index (κ3) is 6.11. The monoisotopic (exact) mass is 370 g/mol. The van der Waals surface area contributed by atoms with Crippen LogP contribution in [0.5, 0.6) is 11.5 Å². The van der Waals surface area contributed by atoms with Crippen molar-refractivity contribution in [1.82, 2.24) is 10.2 Å². The summed E-state index contributed by atoms with van der Waals surface area (Å²) in [7, 11) is 5.17. The van der Waals surface area contributed by atoms with Gasteiger partial charge in [-0.05, 0) is 43.8 Å². The Hall–Kier alpha value is -2.86. The quantitative estimate of drug-likeness (QED) is 0.718. The van der Waals surface area contributed by atoms with Gasteiger partial charge in [-0.15, -0.1) is 0 Å². The van der Waals surface area contributed by atoms with Crippen LogP contribution >= 0.6 is 0 Å². The van der Waals surface area contributed by atoms with E-state index < -0.39 is 6.09 Å². The largest absolute Gasteiger partial charge is 0.494 e. The Kier molecular flexibility index (Phi) is 7.37. The molecule has 0 spiro atoms. The van der Waals surface area contributed by atoms with Crippen LogP contribution in [0, 0.1) is 0 Å². The average molecular weight is 370 g/mol. The molecular weight excluding hydrogens is 344 g/mol. The molecule has 27 heavy (non-hydrogen) atoms. The second kappa shape index (κ2) is 9.73. The molecule has 0 saturated heterocycles. The van der Waals surface area contributed by atoms with Crippen LogP contribution in [-0.4, -0.2) is 44.5 Å². The van der Waals surface area contributed by atoms with E-state index in [1.807, 2.05) is 31.3 Å². The molecule has 0 bridgehead atoms. The number of benzene rings is 2. The summed E-state index contributed by atoms with van der Waals surface area (Å²) in [6, 6.07) is 14.7. The minimum absolute atomic E-state index is 0.0172. The normalized spacial score (nSPS) is 11.6. The fraction of sp³-hybridized carbons (Fsp3) is 0.333. The number of hydrogen-bond donors (Lipinski definition) is 1. The maximum Gasteiger partial charge on any atom is 0.414 e. The van der Waals surface area contributed by atoms with Crippen LogP contribution in [-0.2, 0) is 0 Å². The third-order valence-electron chi connectivity index (χ3n) is 4.12. The van der Waals surface area contributed by atoms with Crippen molar-refractivity contribution in [3.63, 3.8) is 0 Å². The number of rotatable bonds is 8. The topological polar surface area (TPSA) is 67.9 Å². The van der Waals surface area contributed by atoms with Crippen molar-refractivity contribution >= 4 is 11.9 Å². The van der Waals surface area contributed by atoms with Gasteiger partial charge in [-0.2, -0.15) is 0 Å². The number of carbonyl (C=O) groups excluding carboxylic acids is 2. The zero-order valence-corrected chi connectivity index (χ0v) is 16.2. The molecular formula is C21H26N2O4. The molecule has 1 atom stereocenters. The Morgan fingerprint density at radius 3 is 2.37 bits per heavy atom. The third-order valence-corrected chi connectivity index (χ3v) is 4.12. The van der Waals surface area contributed by atoms with Gasteiger partial charge >= 0.3 is 6.09 Å². The van der Waals surface area contributed by atoms with Crippen LogP contribution in [0.4, 0.5) is 4.79 Å². The number of nitrogens with zero attached hydrogens (tertiary/aromatic N) is 1. The average Bonchev–Trinajstić information content (AvgIpc) is 2.66. The summed E-state index contributed by atoms with van der Waals surface area (Å²) >= 11 is 0. The first-order valence-electron chi connectivity index (χ1n) is 8.81. The zero-order valence-electron chi connectivity index (χ0n) is 16.2. The van der Waals surface area contributed by atoms with Gasteiger partial charge in [0.2, 0.25) is 0 Å². The standard InChI is InChI=1S/C21H26N2O4/c1-15(24)17-6-5-7-19(14-17)26-13-12-20(22-2)16-8-10-18(11-9-16)27-21(25)23(3)4/h5-11,14,20,22H,12-13H2,1-4H3. The molecule has 6 heteroatoms. The molecule has 1 N–H and O–H groups in total. The van der Waals surface area contributed by atoms with Crippen LogP contribution in [0.15, 0.2) is 48.5 Å². The molecule has 0 saturated carbocycles. The summed E-state index contributed by atoms with van der Waals surface area (Å²) in [5, 5.41) is 3.26. The maximum absolute atomic E-state index is 11.6. The highest BCUT2D eigenvalue weighted by molar-refractivity contribution is 5.94. The molecule has 1 unspecified atom stereocenters. The summed E-state index contributed by atoms with van der Waals surface area (Å²) < 4.78 is 11.0. The van der Waals surface area contributed by atoms with E-state index in [-0.39, 0.29) is 11.8 Å². The lowest BCUT2D eigenvalue weighted by Crippen LogP contribution is -2.25. The lowest BCUT2D eigenvalue weighted by Gasteiger charge is -2.18. The number of amides is 1. The predicted octanol–water partition coefficient (Wildman–Crippen LogP) is 3.68. The minimum Gasteiger partial charge on any atom is -0.494 e. The van der Waals surface area contributed by atoms with Crippen LogP contribution in [0.2, 0.25) is 0 Å². The van der Waals surface area contributed by atoms with Gasteiger partial charge in [-0.25, -0.2) is 4.79 Å². The van der Waals surface area contributed by atoms with E-state index in [4.69, 9.17) is 9.47 Å². The fourth-order valence-corrected chi connectivity index (χ4v) is 2.54. The zero-order chi connectivity index (χ0) is 19.8. The van der Waals surface area contributed by atoms with Gasteiger partial charge in [-0.1, -0.05) is 24.3 Å². The molecule has 0 radical (unpaired) electrons. The number of hydrogen-bond acceptors (Lipinski definition) is 5. The summed E-state index contributed by atoms with van der Waals surface area (Å²) in [6.45, 7) is 2.04. The Labute approximate surface area is 160 Å². The Morgan fingerprint density at radius 1 is 1.07 bits per heavy atom. The van der Waals surface area contributed by atoms with Crippen molar-refractivity contribution < 1.29 is 19.1 Å². The van der Waals surface area contributed by atoms with Crippen molar-refractivity contribution in [2.24, 2.45) is 0 Å². The number of carbonyl (C=O) groups is 2. The smallest absolute Gasteiger partial charge is 0.414 e. The van der Waals surface area contributed by atoms with Gasteiger partial charge in [0.15, 0.2) is 5.78 Å². The lowest BCUT2D eigenvalue weighted by atomic mass is 10.0. The molecule has 0 fully saturated rings. The molecule has 0 aliphatic heterocycles. The van der Waals surface area contributed by atoms with Crippen LogP contribution in [0.1, 0.15) is 35.3 Å². The Morgan fingerprint density at radius 2 is 1.78 bits per heavy atom. The molecule has 0 aliphatic carbocycles. The van der Waals surface area contributed by atoms with E-state index in [1.165, 1.54) is 11.8 Å². The minimum atomic E-state index is -0.408. The van der Waals surface area contributed by atoms with Crippen LogP contribution < -0.4 is 14.8 Å². The van der Waals surface area contributed by atoms with Gasteiger partial charge in [0.25, 0.3) is 0 Å². The van der Waals surface area contributed by atoms with E-state index >= 15 is 0 Å². The van der Waals surface area contributed by atoms with Gasteiger partial charge in [0.05, 0.1) is 6.61 Å². The van der Waals surface area contributed by atoms with Crippen molar-refractivity contribution in [3.05, 3.63) is 59.7 Å². The number of Topliss-reactive ketones (excluding diaryl/α,β-unsaturated/α-hetero) is 1. The Bertz CT molecular complexity index is 772. The van der Waals surface area contributed by atoms with E-state index in [1.54, 1.807) is 38.4 Å². The molecule has 2 rings (SSSR count). The van der Waals surface area contributed by atoms with Gasteiger partial charge in [0, 0.05) is 32.1 Å². The summed E-state index contributed by atoms with van der Waals surface area (Å²) in [4.78, 5) is 24.4. The van der Waals surface area contributed by atoms with Crippen LogP contribution in [0.3, 0.4) is 0 Å². The highest BCUT2D eigenvalue weighted by atomic mass is 16.6. The number of ketones is 1. The van der Waals surface area contributed by atoms with E-state index in [9.17, 15) is 9.59 Å². The highest BCUT2D eigenvalue weighted by Crippen LogP contribution is 2.21. The molecule has 144 valence electrons. The predicted molar refractivity (Wildman–Crippen MR) is 105 cm³/mol. The molecule has 0 heterocycles. The Balaban J connectivity index is 1.92. The van der Waals surface area contributed by atoms with E-state index in [0.717, 1.165) is 12.0 Å². The van der Waals surface area contributed by atoms with Crippen molar-refractivity contribution in [3.8, 4) is 11.5 Å². The van der Waals surface area contributed by atoms with Gasteiger partial charge in [-0.3, -0.25) is 4.79 Å². The molecule has 2 aromatic rings. The lowest BCUT2D eigenvalue weighted by molar-refractivity contribution is 0.101. The van der Waals surface area contributed by atoms with Crippen LogP contribution in [0.25, 0.3) is 0 Å². The summed E-state index contributed by atoms with van der Waals surface area (Å²) in [5.41, 5.74) is 1.71. The van der Waals surface area contributed by atoms with Crippen molar-refractivity contribution in [2.75, 3.05) is 27.7 Å². The molecule has 2 aromatic carbocycles. The summed E-state index contributed by atoms with van der Waals surface area (Å²) in [5.74, 6) is 1.21. The SMILES string of the molecule is CNC(CCOc1cccc(C(C)=O)c1)c1ccc(OC(=O)N(C)C)cc1. The summed E-state index contributed by atoms with van der Waals surface area (Å²) in [6.07, 6.45) is 0.339. The second-order valence-corrected chi connectivity index (χ2v) is 6.39. The maximum atomic E-state index is 11.6. The second-order valence-electron chi connectivity index (χ2n) is 6.39. The van der Waals surface area contributed by atoms with Gasteiger partial charge in [0.1, 0.15) is 11.5 Å². The first-order valence-corrected chi connectivity index (χ1v) is 8.81. The van der Waals surface area contributed by atoms with Crippen molar-refractivity contribution in [2.45, 2.75) is 19.4 Å². The first kappa shape index (κ1) is 20.5.